The number of carbonyl (C=O) groups excluding carboxylic acids is 1. The molecule has 0 heterocycles. The van der Waals surface area contributed by atoms with Crippen molar-refractivity contribution in [2.45, 2.75) is 19.8 Å². The third-order valence-electron chi connectivity index (χ3n) is 3.12. The van der Waals surface area contributed by atoms with Crippen molar-refractivity contribution in [3.63, 3.8) is 0 Å². The fraction of sp³-hybridized carbons (Fsp3) is 0.235. The van der Waals surface area contributed by atoms with Crippen molar-refractivity contribution in [2.75, 3.05) is 11.9 Å². The van der Waals surface area contributed by atoms with Crippen molar-refractivity contribution in [1.29, 1.82) is 0 Å². The van der Waals surface area contributed by atoms with Gasteiger partial charge in [0.2, 0.25) is 0 Å². The van der Waals surface area contributed by atoms with E-state index in [-0.39, 0.29) is 12.5 Å². The van der Waals surface area contributed by atoms with E-state index in [1.165, 1.54) is 0 Å². The number of rotatable bonds is 5. The Morgan fingerprint density at radius 3 is 2.36 bits per heavy atom. The summed E-state index contributed by atoms with van der Waals surface area (Å²) in [5, 5.41) is 3.61. The van der Waals surface area contributed by atoms with E-state index in [1.54, 1.807) is 18.2 Å². The second kappa shape index (κ2) is 7.52. The summed E-state index contributed by atoms with van der Waals surface area (Å²) in [6.45, 7) is 3.99. The molecule has 1 N–H and O–H groups in total. The summed E-state index contributed by atoms with van der Waals surface area (Å²) >= 11 is 12.0. The topological polar surface area (TPSA) is 38.3 Å². The maximum Gasteiger partial charge on any atom is 0.262 e. The molecule has 5 heteroatoms. The highest BCUT2D eigenvalue weighted by atomic mass is 35.5. The molecule has 0 unspecified atom stereocenters. The van der Waals surface area contributed by atoms with Crippen LogP contribution in [-0.4, -0.2) is 12.5 Å². The molecule has 0 aliphatic carbocycles. The zero-order chi connectivity index (χ0) is 16.1. The van der Waals surface area contributed by atoms with E-state index in [0.29, 0.717) is 21.7 Å². The number of benzene rings is 2. The van der Waals surface area contributed by atoms with Crippen LogP contribution < -0.4 is 10.1 Å². The van der Waals surface area contributed by atoms with Gasteiger partial charge in [-0.3, -0.25) is 4.79 Å². The first-order valence-corrected chi connectivity index (χ1v) is 7.70. The van der Waals surface area contributed by atoms with Gasteiger partial charge in [0.15, 0.2) is 12.4 Å². The van der Waals surface area contributed by atoms with Crippen LogP contribution in [0.15, 0.2) is 42.5 Å². The largest absolute Gasteiger partial charge is 0.481 e. The Balaban J connectivity index is 2.02. The number of halogens is 2. The maximum absolute atomic E-state index is 12.1. The van der Waals surface area contributed by atoms with E-state index in [1.807, 2.05) is 24.3 Å². The van der Waals surface area contributed by atoms with E-state index >= 15 is 0 Å². The van der Waals surface area contributed by atoms with Crippen LogP contribution in [0.4, 0.5) is 5.69 Å². The molecule has 3 nitrogen and oxygen atoms in total. The first-order chi connectivity index (χ1) is 10.5. The predicted octanol–water partition coefficient (Wildman–Crippen LogP) is 5.13. The highest BCUT2D eigenvalue weighted by molar-refractivity contribution is 6.37. The number of ether oxygens (including phenoxy) is 1. The molecule has 0 aromatic heterocycles. The summed E-state index contributed by atoms with van der Waals surface area (Å²) in [6.07, 6.45) is 0. The van der Waals surface area contributed by atoms with Crippen molar-refractivity contribution in [1.82, 2.24) is 0 Å². The smallest absolute Gasteiger partial charge is 0.262 e. The molecule has 22 heavy (non-hydrogen) atoms. The van der Waals surface area contributed by atoms with Gasteiger partial charge >= 0.3 is 0 Å². The van der Waals surface area contributed by atoms with Crippen LogP contribution in [0.25, 0.3) is 0 Å². The second-order valence-electron chi connectivity index (χ2n) is 5.13. The first-order valence-electron chi connectivity index (χ1n) is 6.94. The van der Waals surface area contributed by atoms with Gasteiger partial charge in [-0.1, -0.05) is 61.3 Å². The molecule has 0 bridgehead atoms. The third-order valence-corrected chi connectivity index (χ3v) is 3.72. The lowest BCUT2D eigenvalue weighted by Crippen LogP contribution is -2.21. The number of nitrogens with one attached hydrogen (secondary N) is 1. The summed E-state index contributed by atoms with van der Waals surface area (Å²) in [7, 11) is 0. The van der Waals surface area contributed by atoms with Gasteiger partial charge in [0, 0.05) is 5.69 Å². The van der Waals surface area contributed by atoms with Crippen LogP contribution in [-0.2, 0) is 4.79 Å². The number of hydrogen-bond acceptors (Lipinski definition) is 2. The molecule has 0 fully saturated rings. The molecule has 1 amide bonds. The summed E-state index contributed by atoms with van der Waals surface area (Å²) in [6, 6.07) is 12.7. The zero-order valence-electron chi connectivity index (χ0n) is 12.4. The van der Waals surface area contributed by atoms with Gasteiger partial charge in [0.25, 0.3) is 5.91 Å². The molecule has 2 aromatic carbocycles. The second-order valence-corrected chi connectivity index (χ2v) is 5.94. The van der Waals surface area contributed by atoms with Gasteiger partial charge < -0.3 is 10.1 Å². The van der Waals surface area contributed by atoms with Gasteiger partial charge in [-0.2, -0.15) is 0 Å². The van der Waals surface area contributed by atoms with Crippen LogP contribution in [0.5, 0.6) is 5.75 Å². The minimum Gasteiger partial charge on any atom is -0.481 e. The maximum atomic E-state index is 12.1. The molecule has 2 aromatic rings. The van der Waals surface area contributed by atoms with Gasteiger partial charge in [-0.05, 0) is 29.7 Å². The van der Waals surface area contributed by atoms with Gasteiger partial charge in [0.1, 0.15) is 0 Å². The number of para-hydroxylation sites is 2. The Morgan fingerprint density at radius 2 is 1.73 bits per heavy atom. The molecule has 0 saturated carbocycles. The Kier molecular flexibility index (Phi) is 5.69. The van der Waals surface area contributed by atoms with Gasteiger partial charge in [0.05, 0.1) is 10.0 Å². The highest BCUT2D eigenvalue weighted by Gasteiger charge is 2.12. The Morgan fingerprint density at radius 1 is 1.09 bits per heavy atom. The quantitative estimate of drug-likeness (QED) is 0.820. The molecule has 0 spiro atoms. The van der Waals surface area contributed by atoms with E-state index in [4.69, 9.17) is 27.9 Å². The molecule has 2 rings (SSSR count). The van der Waals surface area contributed by atoms with Crippen molar-refractivity contribution >= 4 is 34.8 Å². The number of hydrogen-bond donors (Lipinski definition) is 1. The van der Waals surface area contributed by atoms with E-state index in [0.717, 1.165) is 11.3 Å². The molecule has 116 valence electrons. The van der Waals surface area contributed by atoms with Gasteiger partial charge in [-0.25, -0.2) is 0 Å². The molecule has 0 aliphatic heterocycles. The minimum absolute atomic E-state index is 0.157. The molecule has 0 aliphatic rings. The van der Waals surface area contributed by atoms with Crippen molar-refractivity contribution in [2.24, 2.45) is 0 Å². The monoisotopic (exact) mass is 337 g/mol. The van der Waals surface area contributed by atoms with Crippen LogP contribution in [0.2, 0.25) is 10.0 Å². The molecule has 0 atom stereocenters. The van der Waals surface area contributed by atoms with Crippen molar-refractivity contribution in [3.8, 4) is 5.75 Å². The first kappa shape index (κ1) is 16.7. The van der Waals surface area contributed by atoms with Crippen molar-refractivity contribution < 1.29 is 9.53 Å². The zero-order valence-corrected chi connectivity index (χ0v) is 13.9. The van der Waals surface area contributed by atoms with E-state index < -0.39 is 0 Å². The highest BCUT2D eigenvalue weighted by Crippen LogP contribution is 2.32. The summed E-state index contributed by atoms with van der Waals surface area (Å²) < 4.78 is 5.43. The average Bonchev–Trinajstić information content (AvgIpc) is 2.47. The minimum atomic E-state index is -0.260. The average molecular weight is 338 g/mol. The molecular formula is C17H17Cl2NO2. The number of anilines is 1. The lowest BCUT2D eigenvalue weighted by molar-refractivity contribution is -0.118. The van der Waals surface area contributed by atoms with E-state index in [9.17, 15) is 4.79 Å². The van der Waals surface area contributed by atoms with E-state index in [2.05, 4.69) is 19.2 Å². The predicted molar refractivity (Wildman–Crippen MR) is 91.1 cm³/mol. The molecular weight excluding hydrogens is 321 g/mol. The Hall–Kier alpha value is -1.71. The molecule has 0 radical (unpaired) electrons. The Labute approximate surface area is 140 Å². The van der Waals surface area contributed by atoms with Crippen molar-refractivity contribution in [3.05, 3.63) is 58.1 Å². The third kappa shape index (κ3) is 4.15. The SMILES string of the molecule is CC(C)c1ccccc1NC(=O)COc1c(Cl)cccc1Cl. The van der Waals surface area contributed by atoms with Gasteiger partial charge in [-0.15, -0.1) is 0 Å². The van der Waals surface area contributed by atoms with Crippen LogP contribution >= 0.6 is 23.2 Å². The number of carbonyl (C=O) groups is 1. The lowest BCUT2D eigenvalue weighted by atomic mass is 10.0. The Bertz CT molecular complexity index is 651. The van der Waals surface area contributed by atoms with Crippen LogP contribution in [0.1, 0.15) is 25.3 Å². The fourth-order valence-corrected chi connectivity index (χ4v) is 2.57. The van der Waals surface area contributed by atoms with Crippen LogP contribution in [0.3, 0.4) is 0 Å². The van der Waals surface area contributed by atoms with Crippen LogP contribution in [0, 0.1) is 0 Å². The number of amides is 1. The summed E-state index contributed by atoms with van der Waals surface area (Å²) in [5.74, 6) is 0.373. The normalized spacial score (nSPS) is 10.6. The standard InChI is InChI=1S/C17H17Cl2NO2/c1-11(2)12-6-3-4-9-15(12)20-16(21)10-22-17-13(18)7-5-8-14(17)19/h3-9,11H,10H2,1-2H3,(H,20,21). The molecule has 0 saturated heterocycles. The lowest BCUT2D eigenvalue weighted by Gasteiger charge is -2.14. The summed E-state index contributed by atoms with van der Waals surface area (Å²) in [4.78, 5) is 12.1. The fourth-order valence-electron chi connectivity index (χ4n) is 2.06. The summed E-state index contributed by atoms with van der Waals surface area (Å²) in [5.41, 5.74) is 1.86.